The van der Waals surface area contributed by atoms with Gasteiger partial charge in [0.25, 0.3) is 0 Å². The Morgan fingerprint density at radius 3 is 1.38 bits per heavy atom. The molecule has 1 aromatic heterocycles. The molecule has 6 heteroatoms. The zero-order valence-corrected chi connectivity index (χ0v) is 38.5. The second-order valence-corrected chi connectivity index (χ2v) is 17.2. The topological polar surface area (TPSA) is 72.2 Å². The highest BCUT2D eigenvalue weighted by molar-refractivity contribution is 6.07. The van der Waals surface area contributed by atoms with E-state index in [0.29, 0.717) is 28.0 Å². The summed E-state index contributed by atoms with van der Waals surface area (Å²) in [5.41, 5.74) is 17.5. The van der Waals surface area contributed by atoms with E-state index >= 15 is 0 Å². The molecule has 0 saturated carbocycles. The van der Waals surface area contributed by atoms with Crippen molar-refractivity contribution in [1.82, 2.24) is 4.98 Å². The molecular formula is C62H50N4O2. The first-order chi connectivity index (χ1) is 33.2. The standard InChI is InChI=1S/C62H50N4O2/c1-41-35-51(65(47-20-9-5-10-21-47)48-22-11-6-12-23-48)36-42(2)60(41)45-31-32-55(59(68)39-45)56-29-17-19-46(64-56)40-63-57-30-18-28-53-54(33-34-58(67)62(53)57)61-43(3)37-52(38-44(61)4)66(49-24-13-7-14-25-49)50-26-15-8-16-27-50/h5-40,67-68H,1-4H3. The quantitative estimate of drug-likeness (QED) is 0.127. The minimum absolute atomic E-state index is 0.139. The van der Waals surface area contributed by atoms with Crippen molar-refractivity contribution in [1.29, 1.82) is 0 Å². The Bertz CT molecular complexity index is 3340. The summed E-state index contributed by atoms with van der Waals surface area (Å²) in [7, 11) is 0. The molecule has 10 rings (SSSR count). The zero-order valence-electron chi connectivity index (χ0n) is 38.5. The van der Waals surface area contributed by atoms with Gasteiger partial charge < -0.3 is 20.0 Å². The maximum Gasteiger partial charge on any atom is 0.125 e. The number of hydrogen-bond acceptors (Lipinski definition) is 6. The van der Waals surface area contributed by atoms with Gasteiger partial charge in [-0.2, -0.15) is 0 Å². The molecule has 68 heavy (non-hydrogen) atoms. The van der Waals surface area contributed by atoms with Crippen molar-refractivity contribution >= 4 is 56.8 Å². The molecule has 6 nitrogen and oxygen atoms in total. The van der Waals surface area contributed by atoms with Crippen molar-refractivity contribution in [2.45, 2.75) is 27.7 Å². The molecule has 0 fully saturated rings. The van der Waals surface area contributed by atoms with Gasteiger partial charge in [0.05, 0.1) is 23.3 Å². The van der Waals surface area contributed by atoms with Crippen LogP contribution < -0.4 is 9.80 Å². The lowest BCUT2D eigenvalue weighted by Crippen LogP contribution is -2.10. The number of aliphatic imine (C=N–C) groups is 1. The van der Waals surface area contributed by atoms with E-state index in [1.165, 1.54) is 0 Å². The lowest BCUT2D eigenvalue weighted by Gasteiger charge is -2.27. The largest absolute Gasteiger partial charge is 0.507 e. The first-order valence-corrected chi connectivity index (χ1v) is 22.8. The Kier molecular flexibility index (Phi) is 11.8. The highest BCUT2D eigenvalue weighted by atomic mass is 16.3. The van der Waals surface area contributed by atoms with Gasteiger partial charge in [0.1, 0.15) is 11.5 Å². The lowest BCUT2D eigenvalue weighted by atomic mass is 9.90. The van der Waals surface area contributed by atoms with Crippen LogP contribution in [-0.2, 0) is 0 Å². The van der Waals surface area contributed by atoms with Gasteiger partial charge in [-0.1, -0.05) is 103 Å². The van der Waals surface area contributed by atoms with Gasteiger partial charge in [-0.25, -0.2) is 4.98 Å². The van der Waals surface area contributed by atoms with Crippen LogP contribution in [0.25, 0.3) is 44.3 Å². The molecule has 0 spiro atoms. The van der Waals surface area contributed by atoms with Crippen molar-refractivity contribution in [3.63, 3.8) is 0 Å². The van der Waals surface area contributed by atoms with Crippen LogP contribution >= 0.6 is 0 Å². The third kappa shape index (κ3) is 8.47. The smallest absolute Gasteiger partial charge is 0.125 e. The van der Waals surface area contributed by atoms with Crippen LogP contribution in [0.15, 0.2) is 217 Å². The van der Waals surface area contributed by atoms with E-state index in [1.807, 2.05) is 78.9 Å². The molecule has 0 bridgehead atoms. The highest BCUT2D eigenvalue weighted by Gasteiger charge is 2.20. The normalized spacial score (nSPS) is 11.3. The number of phenolic OH excluding ortho intramolecular Hbond substituents is 2. The molecule has 2 N–H and O–H groups in total. The fourth-order valence-corrected chi connectivity index (χ4v) is 9.63. The maximum atomic E-state index is 11.6. The zero-order chi connectivity index (χ0) is 46.7. The van der Waals surface area contributed by atoms with E-state index in [2.05, 4.69) is 165 Å². The van der Waals surface area contributed by atoms with E-state index in [-0.39, 0.29) is 11.5 Å². The van der Waals surface area contributed by atoms with Crippen LogP contribution in [0.5, 0.6) is 11.5 Å². The maximum absolute atomic E-state index is 11.6. The summed E-state index contributed by atoms with van der Waals surface area (Å²) in [6.07, 6.45) is 1.71. The second-order valence-electron chi connectivity index (χ2n) is 17.2. The van der Waals surface area contributed by atoms with Crippen LogP contribution in [0.2, 0.25) is 0 Å². The van der Waals surface area contributed by atoms with E-state index in [1.54, 1.807) is 12.3 Å². The minimum Gasteiger partial charge on any atom is -0.507 e. The summed E-state index contributed by atoms with van der Waals surface area (Å²) in [5, 5.41) is 24.5. The summed E-state index contributed by atoms with van der Waals surface area (Å²) in [5.74, 6) is 0.291. The molecule has 0 radical (unpaired) electrons. The van der Waals surface area contributed by atoms with E-state index in [4.69, 9.17) is 9.98 Å². The molecular weight excluding hydrogens is 833 g/mol. The summed E-state index contributed by atoms with van der Waals surface area (Å²) in [6, 6.07) is 71.7. The third-order valence-electron chi connectivity index (χ3n) is 12.5. The first kappa shape index (κ1) is 43.2. The van der Waals surface area contributed by atoms with Gasteiger partial charge in [0, 0.05) is 45.1 Å². The second kappa shape index (κ2) is 18.6. The Labute approximate surface area is 398 Å². The summed E-state index contributed by atoms with van der Waals surface area (Å²) < 4.78 is 0. The molecule has 0 aliphatic rings. The van der Waals surface area contributed by atoms with E-state index < -0.39 is 0 Å². The van der Waals surface area contributed by atoms with Gasteiger partial charge in [-0.05, 0) is 187 Å². The number of aromatic hydroxyl groups is 2. The number of aromatic nitrogens is 1. The molecule has 330 valence electrons. The monoisotopic (exact) mass is 882 g/mol. The van der Waals surface area contributed by atoms with Crippen LogP contribution in [-0.4, -0.2) is 21.4 Å². The van der Waals surface area contributed by atoms with Crippen LogP contribution in [0.1, 0.15) is 27.9 Å². The van der Waals surface area contributed by atoms with E-state index in [0.717, 1.165) is 84.0 Å². The highest BCUT2D eigenvalue weighted by Crippen LogP contribution is 2.45. The number of benzene rings is 9. The number of para-hydroxylation sites is 4. The summed E-state index contributed by atoms with van der Waals surface area (Å²) >= 11 is 0. The van der Waals surface area contributed by atoms with Gasteiger partial charge in [-0.15, -0.1) is 0 Å². The third-order valence-corrected chi connectivity index (χ3v) is 12.5. The van der Waals surface area contributed by atoms with Crippen molar-refractivity contribution in [2.75, 3.05) is 9.80 Å². The van der Waals surface area contributed by atoms with Crippen LogP contribution in [0, 0.1) is 27.7 Å². The van der Waals surface area contributed by atoms with Gasteiger partial charge in [-0.3, -0.25) is 4.99 Å². The number of phenols is 2. The Hall–Kier alpha value is -8.74. The minimum atomic E-state index is 0.139. The molecule has 0 atom stereocenters. The Balaban J connectivity index is 0.938. The van der Waals surface area contributed by atoms with Crippen LogP contribution in [0.3, 0.4) is 0 Å². The number of nitrogens with zero attached hydrogens (tertiary/aromatic N) is 4. The molecule has 0 aliphatic heterocycles. The number of anilines is 6. The Morgan fingerprint density at radius 1 is 0.412 bits per heavy atom. The van der Waals surface area contributed by atoms with Crippen molar-refractivity contribution < 1.29 is 10.2 Å². The Morgan fingerprint density at radius 2 is 0.882 bits per heavy atom. The fourth-order valence-electron chi connectivity index (χ4n) is 9.63. The van der Waals surface area contributed by atoms with E-state index in [9.17, 15) is 10.2 Å². The van der Waals surface area contributed by atoms with Gasteiger partial charge >= 0.3 is 0 Å². The number of hydrogen-bond donors (Lipinski definition) is 2. The molecule has 1 heterocycles. The molecule has 0 amide bonds. The average molecular weight is 883 g/mol. The number of fused-ring (bicyclic) bond motifs is 1. The predicted octanol–water partition coefficient (Wildman–Crippen LogP) is 16.6. The summed E-state index contributed by atoms with van der Waals surface area (Å²) in [6.45, 7) is 8.54. The van der Waals surface area contributed by atoms with Crippen molar-refractivity contribution in [3.05, 3.63) is 240 Å². The molecule has 10 aromatic rings. The molecule has 0 aliphatic carbocycles. The SMILES string of the molecule is Cc1cc(N(c2ccccc2)c2ccccc2)cc(C)c1-c1ccc(-c2cccc(C=Nc3cccc4c(-c5c(C)cc(N(c6ccccc6)c6ccccc6)cc5C)ccc(O)c34)n2)c(O)c1. The van der Waals surface area contributed by atoms with Crippen molar-refractivity contribution in [2.24, 2.45) is 4.99 Å². The predicted molar refractivity (Wildman–Crippen MR) is 283 cm³/mol. The number of aryl methyl sites for hydroxylation is 4. The fraction of sp³-hybridized carbons (Fsp3) is 0.0645. The number of pyridine rings is 1. The van der Waals surface area contributed by atoms with Crippen LogP contribution in [0.4, 0.5) is 39.8 Å². The van der Waals surface area contributed by atoms with Crippen molar-refractivity contribution in [3.8, 4) is 45.0 Å². The van der Waals surface area contributed by atoms with Gasteiger partial charge in [0.2, 0.25) is 0 Å². The number of rotatable bonds is 11. The average Bonchev–Trinajstić information content (AvgIpc) is 3.35. The lowest BCUT2D eigenvalue weighted by molar-refractivity contribution is 0.477. The first-order valence-electron chi connectivity index (χ1n) is 22.8. The molecule has 0 unspecified atom stereocenters. The summed E-state index contributed by atoms with van der Waals surface area (Å²) in [4.78, 5) is 14.4. The van der Waals surface area contributed by atoms with Gasteiger partial charge in [0.15, 0.2) is 0 Å². The molecule has 9 aromatic carbocycles. The molecule has 0 saturated heterocycles.